The zero-order valence-corrected chi connectivity index (χ0v) is 17.0. The lowest BCUT2D eigenvalue weighted by Gasteiger charge is -2.47. The maximum Gasteiger partial charge on any atom is 0.308 e. The van der Waals surface area contributed by atoms with Gasteiger partial charge in [-0.2, -0.15) is 0 Å². The minimum absolute atomic E-state index is 0.0337. The lowest BCUT2D eigenvalue weighted by molar-refractivity contribution is -0.213. The van der Waals surface area contributed by atoms with Crippen LogP contribution in [0.5, 0.6) is 0 Å². The van der Waals surface area contributed by atoms with Gasteiger partial charge in [0.25, 0.3) is 0 Å². The second kappa shape index (κ2) is 6.61. The highest BCUT2D eigenvalue weighted by atomic mass is 16.8. The normalized spacial score (nSPS) is 40.8. The first kappa shape index (κ1) is 19.0. The Bertz CT molecular complexity index is 678. The molecule has 0 aromatic heterocycles. The van der Waals surface area contributed by atoms with Crippen molar-refractivity contribution in [1.29, 1.82) is 0 Å². The van der Waals surface area contributed by atoms with E-state index in [9.17, 15) is 9.59 Å². The Morgan fingerprint density at radius 3 is 2.63 bits per heavy atom. The maximum atomic E-state index is 12.2. The van der Waals surface area contributed by atoms with Gasteiger partial charge in [-0.3, -0.25) is 9.59 Å². The van der Waals surface area contributed by atoms with E-state index in [0.717, 1.165) is 19.3 Å². The van der Waals surface area contributed by atoms with Gasteiger partial charge in [0.1, 0.15) is 0 Å². The van der Waals surface area contributed by atoms with Gasteiger partial charge >= 0.3 is 11.9 Å². The van der Waals surface area contributed by atoms with Gasteiger partial charge in [0.15, 0.2) is 0 Å². The van der Waals surface area contributed by atoms with Crippen molar-refractivity contribution in [2.75, 3.05) is 0 Å². The van der Waals surface area contributed by atoms with Crippen molar-refractivity contribution in [3.05, 3.63) is 11.1 Å². The molecule has 5 nitrogen and oxygen atoms in total. The molecule has 5 unspecified atom stereocenters. The van der Waals surface area contributed by atoms with Gasteiger partial charge in [-0.25, -0.2) is 0 Å². The van der Waals surface area contributed by atoms with Crippen LogP contribution in [0.3, 0.4) is 0 Å². The molecule has 150 valence electrons. The summed E-state index contributed by atoms with van der Waals surface area (Å²) in [5.74, 6) is -0.437. The van der Waals surface area contributed by atoms with Crippen LogP contribution in [0.25, 0.3) is 0 Å². The zero-order chi connectivity index (χ0) is 19.4. The van der Waals surface area contributed by atoms with Crippen LogP contribution < -0.4 is 0 Å². The molecule has 5 heteroatoms. The number of rotatable bonds is 2. The summed E-state index contributed by atoms with van der Waals surface area (Å²) in [6.07, 6.45) is 6.80. The quantitative estimate of drug-likeness (QED) is 0.524. The number of allylic oxidation sites excluding steroid dienone is 1. The summed E-state index contributed by atoms with van der Waals surface area (Å²) < 4.78 is 17.0. The van der Waals surface area contributed by atoms with E-state index in [1.807, 2.05) is 0 Å². The highest BCUT2D eigenvalue weighted by molar-refractivity contribution is 5.70. The summed E-state index contributed by atoms with van der Waals surface area (Å²) in [5.41, 5.74) is 3.42. The molecule has 5 atom stereocenters. The second-order valence-corrected chi connectivity index (χ2v) is 9.96. The molecule has 2 aliphatic heterocycles. The van der Waals surface area contributed by atoms with E-state index in [1.165, 1.54) is 43.8 Å². The van der Waals surface area contributed by atoms with E-state index in [4.69, 9.17) is 14.2 Å². The molecule has 2 aliphatic carbocycles. The summed E-state index contributed by atoms with van der Waals surface area (Å²) in [6, 6.07) is 0. The molecule has 0 bridgehead atoms. The lowest BCUT2D eigenvalue weighted by Crippen LogP contribution is -2.38. The molecule has 4 aliphatic rings. The van der Waals surface area contributed by atoms with Gasteiger partial charge < -0.3 is 14.2 Å². The average Bonchev–Trinajstić information content (AvgIpc) is 2.78. The zero-order valence-electron chi connectivity index (χ0n) is 17.0. The van der Waals surface area contributed by atoms with E-state index in [-0.39, 0.29) is 29.2 Å². The highest BCUT2D eigenvalue weighted by Gasteiger charge is 2.54. The number of hydrogen-bond donors (Lipinski definition) is 0. The van der Waals surface area contributed by atoms with Crippen LogP contribution in [-0.2, 0) is 23.8 Å². The molecule has 1 saturated carbocycles. The molecule has 3 fully saturated rings. The molecule has 0 aromatic carbocycles. The summed E-state index contributed by atoms with van der Waals surface area (Å²) in [5, 5.41) is 0. The molecule has 0 N–H and O–H groups in total. The second-order valence-electron chi connectivity index (χ2n) is 9.96. The number of carbonyl (C=O) groups excluding carboxylic acids is 2. The summed E-state index contributed by atoms with van der Waals surface area (Å²) in [7, 11) is 0. The molecule has 0 aromatic rings. The van der Waals surface area contributed by atoms with Gasteiger partial charge in [-0.05, 0) is 49.4 Å². The summed E-state index contributed by atoms with van der Waals surface area (Å²) in [4.78, 5) is 23.7. The van der Waals surface area contributed by atoms with Crippen LogP contribution in [0, 0.1) is 22.7 Å². The predicted octanol–water partition coefficient (Wildman–Crippen LogP) is 4.50. The number of carbonyl (C=O) groups is 2. The average molecular weight is 376 g/mol. The summed E-state index contributed by atoms with van der Waals surface area (Å²) >= 11 is 0. The Morgan fingerprint density at radius 2 is 1.93 bits per heavy atom. The van der Waals surface area contributed by atoms with E-state index in [0.29, 0.717) is 11.8 Å². The Morgan fingerprint density at radius 1 is 1.15 bits per heavy atom. The van der Waals surface area contributed by atoms with Crippen LogP contribution in [0.2, 0.25) is 0 Å². The fraction of sp³-hybridized carbons (Fsp3) is 0.818. The minimum Gasteiger partial charge on any atom is -0.435 e. The van der Waals surface area contributed by atoms with Crippen molar-refractivity contribution in [2.24, 2.45) is 22.7 Å². The van der Waals surface area contributed by atoms with Crippen molar-refractivity contribution in [3.63, 3.8) is 0 Å². The lowest BCUT2D eigenvalue weighted by atomic mass is 9.57. The molecular weight excluding hydrogens is 344 g/mol. The first-order chi connectivity index (χ1) is 12.7. The van der Waals surface area contributed by atoms with E-state index < -0.39 is 12.6 Å². The Balaban J connectivity index is 1.72. The van der Waals surface area contributed by atoms with E-state index in [1.54, 1.807) is 0 Å². The number of hydrogen-bond acceptors (Lipinski definition) is 5. The molecular formula is C22H32O5. The van der Waals surface area contributed by atoms with Gasteiger partial charge in [0.05, 0.1) is 5.92 Å². The van der Waals surface area contributed by atoms with Crippen LogP contribution >= 0.6 is 0 Å². The smallest absolute Gasteiger partial charge is 0.308 e. The first-order valence-corrected chi connectivity index (χ1v) is 10.4. The Kier molecular flexibility index (Phi) is 4.65. The van der Waals surface area contributed by atoms with Crippen molar-refractivity contribution in [3.8, 4) is 0 Å². The fourth-order valence-corrected chi connectivity index (χ4v) is 6.36. The minimum atomic E-state index is -0.611. The number of esters is 2. The molecule has 2 saturated heterocycles. The highest BCUT2D eigenvalue weighted by Crippen LogP contribution is 2.57. The molecule has 0 amide bonds. The summed E-state index contributed by atoms with van der Waals surface area (Å²) in [6.45, 7) is 8.57. The van der Waals surface area contributed by atoms with Crippen molar-refractivity contribution >= 4 is 11.9 Å². The largest absolute Gasteiger partial charge is 0.435 e. The third-order valence-corrected chi connectivity index (χ3v) is 7.20. The first-order valence-electron chi connectivity index (χ1n) is 10.4. The SMILES string of the molecule is CC(=O)OC1OC2OC(=O)CCC3=C(C4(C)CCCC(C)(C)C4)CCC1C32. The van der Waals surface area contributed by atoms with Crippen molar-refractivity contribution in [1.82, 2.24) is 0 Å². The third-order valence-electron chi connectivity index (χ3n) is 7.20. The number of ether oxygens (including phenoxy) is 3. The maximum absolute atomic E-state index is 12.2. The molecule has 0 radical (unpaired) electrons. The monoisotopic (exact) mass is 376 g/mol. The predicted molar refractivity (Wildman–Crippen MR) is 99.3 cm³/mol. The molecule has 4 rings (SSSR count). The van der Waals surface area contributed by atoms with Crippen LogP contribution in [0.4, 0.5) is 0 Å². The van der Waals surface area contributed by atoms with Crippen LogP contribution in [0.15, 0.2) is 11.1 Å². The molecule has 27 heavy (non-hydrogen) atoms. The van der Waals surface area contributed by atoms with Gasteiger partial charge in [-0.1, -0.05) is 38.3 Å². The molecule has 0 spiro atoms. The standard InChI is InChI=1S/C22H32O5/c1-13(23)25-19-15-6-8-16(22(4)11-5-10-21(2,3)12-22)14-7-9-17(24)26-20(27-19)18(14)15/h15,18-20H,5-12H2,1-4H3. The third kappa shape index (κ3) is 3.43. The van der Waals surface area contributed by atoms with Crippen LogP contribution in [0.1, 0.15) is 79.1 Å². The van der Waals surface area contributed by atoms with Gasteiger partial charge in [0.2, 0.25) is 12.6 Å². The Hall–Kier alpha value is -1.36. The van der Waals surface area contributed by atoms with Crippen LogP contribution in [-0.4, -0.2) is 24.5 Å². The van der Waals surface area contributed by atoms with E-state index in [2.05, 4.69) is 20.8 Å². The topological polar surface area (TPSA) is 61.8 Å². The van der Waals surface area contributed by atoms with E-state index >= 15 is 0 Å². The van der Waals surface area contributed by atoms with Crippen molar-refractivity contribution < 1.29 is 23.8 Å². The Labute approximate surface area is 161 Å². The van der Waals surface area contributed by atoms with Gasteiger partial charge in [-0.15, -0.1) is 0 Å². The fourth-order valence-electron chi connectivity index (χ4n) is 6.36. The van der Waals surface area contributed by atoms with Gasteiger partial charge in [0, 0.05) is 19.3 Å². The van der Waals surface area contributed by atoms with Crippen molar-refractivity contribution in [2.45, 2.75) is 91.6 Å². The molecule has 2 heterocycles.